The van der Waals surface area contributed by atoms with Crippen molar-refractivity contribution in [3.05, 3.63) is 95.5 Å². The molecule has 174 valence electrons. The fourth-order valence-electron chi connectivity index (χ4n) is 3.27. The third-order valence-corrected chi connectivity index (χ3v) is 6.91. The van der Waals surface area contributed by atoms with Crippen molar-refractivity contribution in [2.24, 2.45) is 4.99 Å². The smallest absolute Gasteiger partial charge is 0.363 e. The molecule has 0 N–H and O–H groups in total. The topological polar surface area (TPSA) is 57.1 Å². The summed E-state index contributed by atoms with van der Waals surface area (Å²) in [6.07, 6.45) is 1.66. The van der Waals surface area contributed by atoms with Gasteiger partial charge in [-0.25, -0.2) is 14.2 Å². The minimum absolute atomic E-state index is 0.198. The maximum atomic E-state index is 13.5. The maximum Gasteiger partial charge on any atom is 0.363 e. The summed E-state index contributed by atoms with van der Waals surface area (Å²) < 4.78 is 32.5. The van der Waals surface area contributed by atoms with Gasteiger partial charge in [-0.3, -0.25) is 0 Å². The minimum atomic E-state index is -0.509. The molecule has 0 unspecified atom stereocenters. The van der Waals surface area contributed by atoms with Gasteiger partial charge in [0.05, 0.1) is 10.2 Å². The number of rotatable bonds is 7. The van der Waals surface area contributed by atoms with E-state index in [1.807, 2.05) is 38.1 Å². The lowest BCUT2D eigenvalue weighted by molar-refractivity contribution is -0.129. The molecule has 0 saturated heterocycles. The van der Waals surface area contributed by atoms with E-state index in [9.17, 15) is 9.18 Å². The zero-order valence-electron chi connectivity index (χ0n) is 18.4. The Kier molecular flexibility index (Phi) is 7.87. The Balaban J connectivity index is 1.61. The average molecular weight is 683 g/mol. The first kappa shape index (κ1) is 24.6. The number of aliphatic imine (C=N–C) groups is 1. The van der Waals surface area contributed by atoms with Gasteiger partial charge in [-0.2, -0.15) is 0 Å². The summed E-state index contributed by atoms with van der Waals surface area (Å²) in [4.78, 5) is 16.9. The van der Waals surface area contributed by atoms with Gasteiger partial charge in [0.2, 0.25) is 5.90 Å². The summed E-state index contributed by atoms with van der Waals surface area (Å²) >= 11 is 4.39. The first-order valence-corrected chi connectivity index (χ1v) is 12.6. The third kappa shape index (κ3) is 5.77. The van der Waals surface area contributed by atoms with Crippen LogP contribution in [0.1, 0.15) is 29.2 Å². The molecule has 5 nitrogen and oxygen atoms in total. The van der Waals surface area contributed by atoms with Crippen LogP contribution >= 0.6 is 45.2 Å². The van der Waals surface area contributed by atoms with E-state index in [2.05, 4.69) is 50.2 Å². The quantitative estimate of drug-likeness (QED) is 0.159. The number of carbonyl (C=O) groups is 1. The minimum Gasteiger partial charge on any atom is -0.490 e. The van der Waals surface area contributed by atoms with Crippen LogP contribution in [0.5, 0.6) is 11.5 Å². The van der Waals surface area contributed by atoms with Crippen LogP contribution in [0.15, 0.2) is 65.3 Å². The second kappa shape index (κ2) is 10.9. The highest BCUT2D eigenvalue weighted by molar-refractivity contribution is 14.1. The van der Waals surface area contributed by atoms with E-state index < -0.39 is 5.97 Å². The molecular weight excluding hydrogens is 663 g/mol. The monoisotopic (exact) mass is 683 g/mol. The van der Waals surface area contributed by atoms with Gasteiger partial charge < -0.3 is 14.2 Å². The highest BCUT2D eigenvalue weighted by atomic mass is 127. The fraction of sp³-hybridized carbons (Fsp3) is 0.154. The van der Waals surface area contributed by atoms with Crippen molar-refractivity contribution < 1.29 is 23.4 Å². The molecule has 0 saturated carbocycles. The number of aryl methyl sites for hydroxylation is 1. The zero-order chi connectivity index (χ0) is 24.2. The Morgan fingerprint density at radius 2 is 1.88 bits per heavy atom. The molecule has 0 fully saturated rings. The van der Waals surface area contributed by atoms with Gasteiger partial charge in [0, 0.05) is 9.13 Å². The van der Waals surface area contributed by atoms with Crippen LogP contribution in [0.2, 0.25) is 0 Å². The van der Waals surface area contributed by atoms with Crippen LogP contribution in [0.3, 0.4) is 0 Å². The molecule has 0 amide bonds. The molecule has 1 aliphatic heterocycles. The molecule has 3 aromatic carbocycles. The number of cyclic esters (lactones) is 1. The van der Waals surface area contributed by atoms with E-state index in [4.69, 9.17) is 14.2 Å². The molecule has 4 rings (SSSR count). The van der Waals surface area contributed by atoms with Crippen LogP contribution in [0.4, 0.5) is 4.39 Å². The van der Waals surface area contributed by atoms with Gasteiger partial charge in [-0.15, -0.1) is 0 Å². The molecule has 34 heavy (non-hydrogen) atoms. The zero-order valence-corrected chi connectivity index (χ0v) is 22.7. The Bertz CT molecular complexity index is 1320. The summed E-state index contributed by atoms with van der Waals surface area (Å²) in [7, 11) is 0. The van der Waals surface area contributed by atoms with E-state index in [0.717, 1.165) is 23.8 Å². The lowest BCUT2D eigenvalue weighted by Gasteiger charge is -2.15. The van der Waals surface area contributed by atoms with Gasteiger partial charge in [0.25, 0.3) is 0 Å². The lowest BCUT2D eigenvalue weighted by Crippen LogP contribution is -2.06. The first-order valence-electron chi connectivity index (χ1n) is 10.5. The molecule has 0 radical (unpaired) electrons. The molecule has 0 aliphatic carbocycles. The Morgan fingerprint density at radius 3 is 2.62 bits per heavy atom. The van der Waals surface area contributed by atoms with Crippen molar-refractivity contribution in [2.45, 2.75) is 20.5 Å². The number of carbonyl (C=O) groups excluding carboxylic acids is 1. The first-order chi connectivity index (χ1) is 16.3. The van der Waals surface area contributed by atoms with E-state index in [1.165, 1.54) is 12.1 Å². The number of benzene rings is 3. The maximum absolute atomic E-state index is 13.5. The van der Waals surface area contributed by atoms with E-state index in [1.54, 1.807) is 24.3 Å². The molecule has 0 bridgehead atoms. The van der Waals surface area contributed by atoms with Crippen molar-refractivity contribution >= 4 is 63.1 Å². The number of nitrogens with zero attached hydrogens (tertiary/aromatic N) is 1. The van der Waals surface area contributed by atoms with E-state index in [-0.39, 0.29) is 24.0 Å². The molecule has 1 heterocycles. The van der Waals surface area contributed by atoms with Crippen molar-refractivity contribution in [2.75, 3.05) is 6.61 Å². The van der Waals surface area contributed by atoms with Gasteiger partial charge in [-0.05, 0) is 118 Å². The summed E-state index contributed by atoms with van der Waals surface area (Å²) in [5.74, 6) is 0.544. The molecule has 3 aromatic rings. The van der Waals surface area contributed by atoms with Crippen LogP contribution in [0, 0.1) is 19.9 Å². The Morgan fingerprint density at radius 1 is 1.06 bits per heavy atom. The van der Waals surface area contributed by atoms with Crippen molar-refractivity contribution in [1.82, 2.24) is 0 Å². The van der Waals surface area contributed by atoms with Gasteiger partial charge in [0.15, 0.2) is 17.2 Å². The van der Waals surface area contributed by atoms with Crippen LogP contribution in [-0.4, -0.2) is 18.5 Å². The van der Waals surface area contributed by atoms with Crippen molar-refractivity contribution in [3.8, 4) is 11.5 Å². The molecule has 0 aromatic heterocycles. The summed E-state index contributed by atoms with van der Waals surface area (Å²) in [6.45, 7) is 4.52. The van der Waals surface area contributed by atoms with E-state index >= 15 is 0 Å². The van der Waals surface area contributed by atoms with Crippen LogP contribution in [0.25, 0.3) is 6.08 Å². The summed E-state index contributed by atoms with van der Waals surface area (Å²) in [5, 5.41) is 0. The molecule has 0 atom stereocenters. The highest BCUT2D eigenvalue weighted by Gasteiger charge is 2.25. The normalized spacial score (nSPS) is 14.2. The Labute approximate surface area is 224 Å². The predicted octanol–water partition coefficient (Wildman–Crippen LogP) is 6.67. The highest BCUT2D eigenvalue weighted by Crippen LogP contribution is 2.36. The number of ether oxygens (including phenoxy) is 3. The van der Waals surface area contributed by atoms with Crippen molar-refractivity contribution in [1.29, 1.82) is 0 Å². The number of hydrogen-bond donors (Lipinski definition) is 0. The number of halogens is 3. The van der Waals surface area contributed by atoms with Crippen molar-refractivity contribution in [3.63, 3.8) is 0 Å². The predicted molar refractivity (Wildman–Crippen MR) is 146 cm³/mol. The molecule has 1 aliphatic rings. The largest absolute Gasteiger partial charge is 0.490 e. The second-order valence-electron chi connectivity index (χ2n) is 7.48. The average Bonchev–Trinajstić information content (AvgIpc) is 3.15. The number of hydrogen-bond acceptors (Lipinski definition) is 5. The Hall–Kier alpha value is -2.47. The summed E-state index contributed by atoms with van der Waals surface area (Å²) in [5.41, 5.74) is 3.53. The molecular formula is C26H20FI2NO4. The van der Waals surface area contributed by atoms with Gasteiger partial charge in [0.1, 0.15) is 12.4 Å². The molecule has 8 heteroatoms. The lowest BCUT2D eigenvalue weighted by atomic mass is 10.1. The number of esters is 1. The van der Waals surface area contributed by atoms with Gasteiger partial charge in [-0.1, -0.05) is 18.2 Å². The summed E-state index contributed by atoms with van der Waals surface area (Å²) in [6, 6.07) is 15.7. The SMILES string of the molecule is CCOc1cc(/C=C2\N=C(c3ccc(C)c(I)c3)OC2=O)cc(I)c1OCc1cccc(F)c1. The molecule has 0 spiro atoms. The third-order valence-electron chi connectivity index (χ3n) is 4.95. The second-order valence-corrected chi connectivity index (χ2v) is 9.81. The van der Waals surface area contributed by atoms with E-state index in [0.29, 0.717) is 23.7 Å². The fourth-order valence-corrected chi connectivity index (χ4v) is 4.57. The van der Waals surface area contributed by atoms with Gasteiger partial charge >= 0.3 is 5.97 Å². The van der Waals surface area contributed by atoms with Crippen LogP contribution in [-0.2, 0) is 16.1 Å². The van der Waals surface area contributed by atoms with Crippen LogP contribution < -0.4 is 9.47 Å². The standard InChI is InChI=1S/C26H20FI2NO4/c1-3-32-23-12-17(10-21(29)24(23)33-14-16-5-4-6-19(27)9-16)11-22-26(31)34-25(30-22)18-8-7-15(2)20(28)13-18/h4-13H,3,14H2,1-2H3/b22-11-.